The summed E-state index contributed by atoms with van der Waals surface area (Å²) in [6, 6.07) is 0. The first-order valence-corrected chi connectivity index (χ1v) is 4.89. The first-order valence-electron chi connectivity index (χ1n) is 4.89. The number of unbranched alkanes of at least 4 members (excludes halogenated alkanes) is 1. The van der Waals surface area contributed by atoms with E-state index >= 15 is 0 Å². The van der Waals surface area contributed by atoms with E-state index in [0.717, 1.165) is 24.8 Å². The highest BCUT2D eigenvalue weighted by Crippen LogP contribution is 2.05. The predicted molar refractivity (Wildman–Crippen MR) is 60.8 cm³/mol. The number of aliphatic hydroxyl groups excluding tert-OH is 1. The summed E-state index contributed by atoms with van der Waals surface area (Å²) in [7, 11) is 0. The molecule has 0 radical (unpaired) electrons. The minimum Gasteiger partial charge on any atom is -0.396 e. The minimum atomic E-state index is 0.276. The van der Waals surface area contributed by atoms with Gasteiger partial charge in [-0.25, -0.2) is 0 Å². The first kappa shape index (κ1) is 14.7. The van der Waals surface area contributed by atoms with Crippen LogP contribution in [0.25, 0.3) is 0 Å². The molecule has 0 aromatic rings. The van der Waals surface area contributed by atoms with Gasteiger partial charge in [-0.05, 0) is 19.3 Å². The SMILES string of the molecule is C=C/C=C\C(=C)CCCCO.CC. The Morgan fingerprint density at radius 2 is 1.92 bits per heavy atom. The molecular weight excluding hydrogens is 160 g/mol. The van der Waals surface area contributed by atoms with E-state index in [1.807, 2.05) is 26.0 Å². The molecule has 1 N–H and O–H groups in total. The molecule has 0 amide bonds. The molecule has 0 unspecified atom stereocenters. The van der Waals surface area contributed by atoms with Crippen molar-refractivity contribution in [3.63, 3.8) is 0 Å². The Morgan fingerprint density at radius 3 is 2.38 bits per heavy atom. The summed E-state index contributed by atoms with van der Waals surface area (Å²) in [5.41, 5.74) is 1.10. The Kier molecular flexibility index (Phi) is 15.5. The third kappa shape index (κ3) is 14.1. The molecule has 0 saturated carbocycles. The zero-order chi connectivity index (χ0) is 10.5. The van der Waals surface area contributed by atoms with Crippen LogP contribution in [0.3, 0.4) is 0 Å². The molecular formula is C12H22O. The summed E-state index contributed by atoms with van der Waals surface area (Å²) in [4.78, 5) is 0. The monoisotopic (exact) mass is 182 g/mol. The summed E-state index contributed by atoms with van der Waals surface area (Å²) in [5.74, 6) is 0. The molecule has 0 saturated heterocycles. The number of aliphatic hydroxyl groups is 1. The lowest BCUT2D eigenvalue weighted by Crippen LogP contribution is -1.83. The van der Waals surface area contributed by atoms with Crippen LogP contribution in [0.15, 0.2) is 37.0 Å². The van der Waals surface area contributed by atoms with Gasteiger partial charge in [0, 0.05) is 6.61 Å². The fourth-order valence-electron chi connectivity index (χ4n) is 0.751. The maximum Gasteiger partial charge on any atom is 0.0431 e. The van der Waals surface area contributed by atoms with Gasteiger partial charge in [-0.1, -0.05) is 50.8 Å². The molecule has 0 fully saturated rings. The summed E-state index contributed by atoms with van der Waals surface area (Å²) < 4.78 is 0. The topological polar surface area (TPSA) is 20.2 Å². The van der Waals surface area contributed by atoms with E-state index in [4.69, 9.17) is 5.11 Å². The summed E-state index contributed by atoms with van der Waals surface area (Å²) in [6.07, 6.45) is 8.39. The van der Waals surface area contributed by atoms with Crippen molar-refractivity contribution in [2.24, 2.45) is 0 Å². The van der Waals surface area contributed by atoms with Crippen LogP contribution in [-0.4, -0.2) is 11.7 Å². The van der Waals surface area contributed by atoms with Crippen LogP contribution in [-0.2, 0) is 0 Å². The minimum absolute atomic E-state index is 0.276. The smallest absolute Gasteiger partial charge is 0.0431 e. The Labute approximate surface area is 82.5 Å². The van der Waals surface area contributed by atoms with Gasteiger partial charge in [0.15, 0.2) is 0 Å². The van der Waals surface area contributed by atoms with E-state index in [9.17, 15) is 0 Å². The average Bonchev–Trinajstić information content (AvgIpc) is 2.18. The molecule has 0 aliphatic carbocycles. The van der Waals surface area contributed by atoms with Crippen LogP contribution in [0, 0.1) is 0 Å². The lowest BCUT2D eigenvalue weighted by molar-refractivity contribution is 0.285. The van der Waals surface area contributed by atoms with Gasteiger partial charge in [0.25, 0.3) is 0 Å². The molecule has 1 nitrogen and oxygen atoms in total. The highest BCUT2D eigenvalue weighted by Gasteiger charge is 1.88. The van der Waals surface area contributed by atoms with Crippen molar-refractivity contribution in [2.75, 3.05) is 6.61 Å². The molecule has 0 aromatic carbocycles. The Bertz CT molecular complexity index is 145. The zero-order valence-electron chi connectivity index (χ0n) is 8.92. The number of hydrogen-bond acceptors (Lipinski definition) is 1. The van der Waals surface area contributed by atoms with Crippen LogP contribution in [0.2, 0.25) is 0 Å². The van der Waals surface area contributed by atoms with Crippen molar-refractivity contribution in [1.82, 2.24) is 0 Å². The second-order valence-corrected chi connectivity index (χ2v) is 2.43. The Hall–Kier alpha value is -0.820. The molecule has 76 valence electrons. The molecule has 0 aliphatic heterocycles. The fourth-order valence-corrected chi connectivity index (χ4v) is 0.751. The summed E-state index contributed by atoms with van der Waals surface area (Å²) in [6.45, 7) is 11.7. The number of hydrogen-bond donors (Lipinski definition) is 1. The first-order chi connectivity index (χ1) is 6.31. The van der Waals surface area contributed by atoms with E-state index in [0.29, 0.717) is 0 Å². The molecule has 1 heteroatoms. The standard InChI is InChI=1S/C10H16O.C2H6/c1-3-4-7-10(2)8-5-6-9-11;1-2/h3-4,7,11H,1-2,5-6,8-9H2;1-2H3/b7-4-;. The van der Waals surface area contributed by atoms with Crippen molar-refractivity contribution in [2.45, 2.75) is 33.1 Å². The van der Waals surface area contributed by atoms with Gasteiger partial charge < -0.3 is 5.11 Å². The lowest BCUT2D eigenvalue weighted by atomic mass is 10.1. The van der Waals surface area contributed by atoms with Gasteiger partial charge >= 0.3 is 0 Å². The molecule has 0 heterocycles. The molecule has 0 bridgehead atoms. The second-order valence-electron chi connectivity index (χ2n) is 2.43. The summed E-state index contributed by atoms with van der Waals surface area (Å²) in [5, 5.41) is 8.49. The van der Waals surface area contributed by atoms with E-state index in [1.165, 1.54) is 0 Å². The largest absolute Gasteiger partial charge is 0.396 e. The van der Waals surface area contributed by atoms with Crippen LogP contribution in [0.4, 0.5) is 0 Å². The van der Waals surface area contributed by atoms with E-state index < -0.39 is 0 Å². The van der Waals surface area contributed by atoms with Crippen LogP contribution in [0.1, 0.15) is 33.1 Å². The predicted octanol–water partition coefficient (Wildman–Crippen LogP) is 3.47. The van der Waals surface area contributed by atoms with Crippen molar-refractivity contribution in [3.8, 4) is 0 Å². The fraction of sp³-hybridized carbons (Fsp3) is 0.500. The molecule has 0 atom stereocenters. The highest BCUT2D eigenvalue weighted by molar-refractivity contribution is 5.17. The van der Waals surface area contributed by atoms with Gasteiger partial charge in [0.05, 0.1) is 0 Å². The van der Waals surface area contributed by atoms with Crippen molar-refractivity contribution in [3.05, 3.63) is 37.0 Å². The third-order valence-electron chi connectivity index (χ3n) is 1.37. The Morgan fingerprint density at radius 1 is 1.31 bits per heavy atom. The average molecular weight is 182 g/mol. The third-order valence-corrected chi connectivity index (χ3v) is 1.37. The van der Waals surface area contributed by atoms with E-state index in [1.54, 1.807) is 6.08 Å². The molecule has 0 aromatic heterocycles. The molecule has 0 aliphatic rings. The van der Waals surface area contributed by atoms with Crippen LogP contribution in [0.5, 0.6) is 0 Å². The van der Waals surface area contributed by atoms with Gasteiger partial charge in [-0.2, -0.15) is 0 Å². The van der Waals surface area contributed by atoms with Crippen molar-refractivity contribution in [1.29, 1.82) is 0 Å². The van der Waals surface area contributed by atoms with Gasteiger partial charge in [-0.3, -0.25) is 0 Å². The van der Waals surface area contributed by atoms with Crippen molar-refractivity contribution < 1.29 is 5.11 Å². The quantitative estimate of drug-likeness (QED) is 0.492. The maximum absolute atomic E-state index is 8.49. The van der Waals surface area contributed by atoms with Gasteiger partial charge in [-0.15, -0.1) is 0 Å². The second kappa shape index (κ2) is 13.7. The number of rotatable bonds is 6. The number of allylic oxidation sites excluding steroid dienone is 4. The molecule has 0 rings (SSSR count). The van der Waals surface area contributed by atoms with E-state index in [2.05, 4.69) is 13.2 Å². The molecule has 0 spiro atoms. The molecule has 13 heavy (non-hydrogen) atoms. The van der Waals surface area contributed by atoms with Gasteiger partial charge in [0.1, 0.15) is 0 Å². The highest BCUT2D eigenvalue weighted by atomic mass is 16.2. The normalized spacial score (nSPS) is 9.15. The van der Waals surface area contributed by atoms with Crippen LogP contribution < -0.4 is 0 Å². The lowest BCUT2D eigenvalue weighted by Gasteiger charge is -1.96. The zero-order valence-corrected chi connectivity index (χ0v) is 8.92. The van der Waals surface area contributed by atoms with E-state index in [-0.39, 0.29) is 6.61 Å². The maximum atomic E-state index is 8.49. The van der Waals surface area contributed by atoms with Crippen molar-refractivity contribution >= 4 is 0 Å². The summed E-state index contributed by atoms with van der Waals surface area (Å²) >= 11 is 0. The Balaban J connectivity index is 0. The van der Waals surface area contributed by atoms with Gasteiger partial charge in [0.2, 0.25) is 0 Å². The van der Waals surface area contributed by atoms with Crippen LogP contribution >= 0.6 is 0 Å².